The number of hydrogen-bond donors (Lipinski definition) is 1. The molecule has 0 aliphatic rings. The summed E-state index contributed by atoms with van der Waals surface area (Å²) in [5.41, 5.74) is -2.84. The molecule has 0 bridgehead atoms. The lowest BCUT2D eigenvalue weighted by Crippen LogP contribution is -2.33. The van der Waals surface area contributed by atoms with E-state index in [0.717, 1.165) is 20.8 Å². The zero-order chi connectivity index (χ0) is 14.0. The average molecular weight is 290 g/mol. The van der Waals surface area contributed by atoms with Gasteiger partial charge in [-0.2, -0.15) is 13.2 Å². The van der Waals surface area contributed by atoms with E-state index in [2.05, 4.69) is 4.98 Å². The Morgan fingerprint density at radius 3 is 2.68 bits per heavy atom. The van der Waals surface area contributed by atoms with E-state index >= 15 is 0 Å². The molecule has 0 saturated heterocycles. The first-order chi connectivity index (χ1) is 8.89. The van der Waals surface area contributed by atoms with Gasteiger partial charge in [-0.1, -0.05) is 18.2 Å². The smallest absolute Gasteiger partial charge is 0.361 e. The predicted octanol–water partition coefficient (Wildman–Crippen LogP) is 2.83. The molecule has 0 aliphatic carbocycles. The van der Waals surface area contributed by atoms with Gasteiger partial charge in [-0.3, -0.25) is 0 Å². The van der Waals surface area contributed by atoms with Crippen LogP contribution in [0.5, 0.6) is 0 Å². The highest BCUT2D eigenvalue weighted by atomic mass is 32.2. The highest BCUT2D eigenvalue weighted by Gasteiger charge is 2.39. The van der Waals surface area contributed by atoms with Crippen molar-refractivity contribution in [1.29, 1.82) is 0 Å². The number of benzene rings is 1. The van der Waals surface area contributed by atoms with Crippen LogP contribution >= 0.6 is 0 Å². The van der Waals surface area contributed by atoms with Gasteiger partial charge in [0.2, 0.25) is 11.0 Å². The largest absolute Gasteiger partial charge is 0.485 e. The molecule has 0 spiro atoms. The summed E-state index contributed by atoms with van der Waals surface area (Å²) in [4.78, 5) is 3.05. The fourth-order valence-corrected chi connectivity index (χ4v) is 2.49. The molecule has 19 heavy (non-hydrogen) atoms. The number of aromatic nitrogens is 1. The lowest BCUT2D eigenvalue weighted by atomic mass is 10.1. The molecule has 3 nitrogen and oxygen atoms in total. The van der Waals surface area contributed by atoms with E-state index in [-0.39, 0.29) is 6.54 Å². The summed E-state index contributed by atoms with van der Waals surface area (Å²) < 4.78 is 48.7. The molecule has 2 rings (SSSR count). The summed E-state index contributed by atoms with van der Waals surface area (Å²) in [7, 11) is -1.75. The quantitative estimate of drug-likeness (QED) is 0.923. The lowest BCUT2D eigenvalue weighted by Gasteiger charge is -2.16. The molecular weight excluding hydrogens is 277 g/mol. The Kier molecular flexibility index (Phi) is 3.96. The van der Waals surface area contributed by atoms with E-state index < -0.39 is 16.5 Å². The van der Waals surface area contributed by atoms with Crippen LogP contribution in [0.4, 0.5) is 13.2 Å². The minimum absolute atomic E-state index is 0.0773. The Labute approximate surface area is 111 Å². The van der Waals surface area contributed by atoms with Gasteiger partial charge in [-0.25, -0.2) is 8.51 Å². The Bertz CT molecular complexity index is 594. The third kappa shape index (κ3) is 3.16. The molecule has 1 N–H and O–H groups in total. The predicted molar refractivity (Wildman–Crippen MR) is 68.8 cm³/mol. The molecular formula is C12H13F3N2OS. The maximum Gasteiger partial charge on any atom is 0.485 e. The molecule has 0 fully saturated rings. The Morgan fingerprint density at radius 1 is 1.32 bits per heavy atom. The highest BCUT2D eigenvalue weighted by molar-refractivity contribution is 7.83. The van der Waals surface area contributed by atoms with Crippen LogP contribution in [-0.4, -0.2) is 32.6 Å². The van der Waals surface area contributed by atoms with Gasteiger partial charge in [0.05, 0.1) is 0 Å². The summed E-state index contributed by atoms with van der Waals surface area (Å²) in [5.74, 6) is 0. The average Bonchev–Trinajstić information content (AvgIpc) is 2.77. The van der Waals surface area contributed by atoms with Crippen molar-refractivity contribution in [2.24, 2.45) is 0 Å². The second kappa shape index (κ2) is 5.34. The van der Waals surface area contributed by atoms with Crippen molar-refractivity contribution in [2.45, 2.75) is 11.9 Å². The zero-order valence-corrected chi connectivity index (χ0v) is 11.0. The molecule has 0 amide bonds. The van der Waals surface area contributed by atoms with E-state index in [9.17, 15) is 17.4 Å². The van der Waals surface area contributed by atoms with Crippen LogP contribution in [-0.2, 0) is 17.4 Å². The number of para-hydroxylation sites is 1. The summed E-state index contributed by atoms with van der Waals surface area (Å²) in [6, 6.07) is 7.56. The van der Waals surface area contributed by atoms with Crippen LogP contribution in [0.2, 0.25) is 0 Å². The number of H-pyrrole nitrogens is 1. The van der Waals surface area contributed by atoms with Gasteiger partial charge in [0, 0.05) is 30.7 Å². The molecule has 0 radical (unpaired) electrons. The Balaban J connectivity index is 2.05. The third-order valence-corrected chi connectivity index (χ3v) is 4.00. The summed E-state index contributed by atoms with van der Waals surface area (Å²) in [6.07, 6.45) is 2.18. The first kappa shape index (κ1) is 14.1. The maximum absolute atomic E-state index is 12.3. The standard InChI is InChI=1S/C12H13F3N2OS/c1-17(19(18)12(13,14)15)7-6-9-8-16-11-5-3-2-4-10(9)11/h2-5,8,16H,6-7H2,1H3. The summed E-state index contributed by atoms with van der Waals surface area (Å²) in [6.45, 7) is 0.0773. The van der Waals surface area contributed by atoms with Crippen LogP contribution in [0.3, 0.4) is 0 Å². The van der Waals surface area contributed by atoms with Crippen LogP contribution in [0.25, 0.3) is 10.9 Å². The van der Waals surface area contributed by atoms with Gasteiger partial charge in [0.25, 0.3) is 0 Å². The fourth-order valence-electron chi connectivity index (χ4n) is 1.88. The fraction of sp³-hybridized carbons (Fsp3) is 0.333. The van der Waals surface area contributed by atoms with Crippen molar-refractivity contribution in [2.75, 3.05) is 13.6 Å². The first-order valence-electron chi connectivity index (χ1n) is 5.64. The molecule has 7 heteroatoms. The molecule has 0 aliphatic heterocycles. The van der Waals surface area contributed by atoms with Crippen LogP contribution in [0.1, 0.15) is 5.56 Å². The van der Waals surface area contributed by atoms with Crippen molar-refractivity contribution >= 4 is 21.9 Å². The Hall–Kier alpha value is -1.34. The molecule has 0 saturated carbocycles. The van der Waals surface area contributed by atoms with E-state index in [0.29, 0.717) is 6.42 Å². The van der Waals surface area contributed by atoms with Crippen molar-refractivity contribution in [1.82, 2.24) is 9.29 Å². The minimum Gasteiger partial charge on any atom is -0.361 e. The van der Waals surface area contributed by atoms with E-state index in [1.54, 1.807) is 6.20 Å². The van der Waals surface area contributed by atoms with Gasteiger partial charge < -0.3 is 4.98 Å². The topological polar surface area (TPSA) is 36.1 Å². The van der Waals surface area contributed by atoms with Crippen molar-refractivity contribution in [3.8, 4) is 0 Å². The maximum atomic E-state index is 12.3. The number of alkyl halides is 3. The molecule has 2 aromatic rings. The molecule has 104 valence electrons. The lowest BCUT2D eigenvalue weighted by molar-refractivity contribution is -0.0422. The number of fused-ring (bicyclic) bond motifs is 1. The van der Waals surface area contributed by atoms with Gasteiger partial charge in [0.1, 0.15) is 0 Å². The zero-order valence-electron chi connectivity index (χ0n) is 10.2. The van der Waals surface area contributed by atoms with Gasteiger partial charge in [0.15, 0.2) is 0 Å². The van der Waals surface area contributed by atoms with Gasteiger partial charge in [-0.05, 0) is 18.1 Å². The van der Waals surface area contributed by atoms with Crippen LogP contribution in [0, 0.1) is 0 Å². The van der Waals surface area contributed by atoms with Crippen LogP contribution < -0.4 is 0 Å². The first-order valence-corrected chi connectivity index (χ1v) is 6.75. The minimum atomic E-state index is -4.70. The number of nitrogens with zero attached hydrogens (tertiary/aromatic N) is 1. The van der Waals surface area contributed by atoms with Gasteiger partial charge >= 0.3 is 5.51 Å². The highest BCUT2D eigenvalue weighted by Crippen LogP contribution is 2.23. The monoisotopic (exact) mass is 290 g/mol. The number of aromatic amines is 1. The van der Waals surface area contributed by atoms with Crippen molar-refractivity contribution in [3.63, 3.8) is 0 Å². The second-order valence-corrected chi connectivity index (χ2v) is 5.74. The van der Waals surface area contributed by atoms with E-state index in [1.807, 2.05) is 24.3 Å². The van der Waals surface area contributed by atoms with E-state index in [4.69, 9.17) is 0 Å². The number of halogens is 3. The van der Waals surface area contributed by atoms with E-state index in [1.165, 1.54) is 7.05 Å². The second-order valence-electron chi connectivity index (χ2n) is 4.16. The summed E-state index contributed by atoms with van der Waals surface area (Å²) in [5, 5.41) is 0.980. The molecule has 1 heterocycles. The number of likely N-dealkylation sites (N-methyl/N-ethyl adjacent to an activating group) is 1. The molecule has 1 aromatic carbocycles. The molecule has 1 atom stereocenters. The van der Waals surface area contributed by atoms with Gasteiger partial charge in [-0.15, -0.1) is 0 Å². The number of hydrogen-bond acceptors (Lipinski definition) is 1. The summed E-state index contributed by atoms with van der Waals surface area (Å²) >= 11 is 0. The normalized spacial score (nSPS) is 14.2. The molecule has 1 aromatic heterocycles. The third-order valence-electron chi connectivity index (χ3n) is 2.85. The Morgan fingerprint density at radius 2 is 2.00 bits per heavy atom. The molecule has 1 unspecified atom stereocenters. The van der Waals surface area contributed by atoms with Crippen molar-refractivity contribution in [3.05, 3.63) is 36.0 Å². The number of nitrogens with one attached hydrogen (secondary N) is 1. The number of rotatable bonds is 4. The van der Waals surface area contributed by atoms with Crippen LogP contribution in [0.15, 0.2) is 30.5 Å². The van der Waals surface area contributed by atoms with Crippen molar-refractivity contribution < 1.29 is 17.4 Å². The SMILES string of the molecule is CN(CCc1c[nH]c2ccccc12)S(=O)C(F)(F)F.